The van der Waals surface area contributed by atoms with Crippen LogP contribution in [-0.2, 0) is 19.4 Å². The zero-order valence-electron chi connectivity index (χ0n) is 14.4. The van der Waals surface area contributed by atoms with Gasteiger partial charge in [0.25, 0.3) is 5.91 Å². The number of nitrogens with one attached hydrogen (secondary N) is 2. The van der Waals surface area contributed by atoms with Crippen molar-refractivity contribution in [2.24, 2.45) is 5.92 Å². The van der Waals surface area contributed by atoms with Gasteiger partial charge in [-0.3, -0.25) is 9.59 Å². The summed E-state index contributed by atoms with van der Waals surface area (Å²) in [5.74, 6) is 1.31. The van der Waals surface area contributed by atoms with Crippen LogP contribution in [0, 0.1) is 12.8 Å². The van der Waals surface area contributed by atoms with Crippen molar-refractivity contribution in [3.05, 3.63) is 51.5 Å². The Balaban J connectivity index is 1.71. The maximum Gasteiger partial charge on any atom is 0.251 e. The highest BCUT2D eigenvalue weighted by molar-refractivity contribution is 5.94. The molecule has 0 fully saturated rings. The quantitative estimate of drug-likeness (QED) is 0.898. The number of aromatic amines is 1. The van der Waals surface area contributed by atoms with Crippen molar-refractivity contribution in [2.75, 3.05) is 0 Å². The van der Waals surface area contributed by atoms with Crippen molar-refractivity contribution in [2.45, 2.75) is 52.6 Å². The third-order valence-corrected chi connectivity index (χ3v) is 4.24. The Labute approximate surface area is 141 Å². The molecule has 1 aliphatic rings. The smallest absolute Gasteiger partial charge is 0.251 e. The third-order valence-electron chi connectivity index (χ3n) is 4.24. The fraction of sp³-hybridized carbons (Fsp3) is 0.500. The lowest BCUT2D eigenvalue weighted by Crippen LogP contribution is -2.41. The second-order valence-corrected chi connectivity index (χ2v) is 7.02. The van der Waals surface area contributed by atoms with Gasteiger partial charge in [0.05, 0.1) is 5.69 Å². The molecule has 0 saturated heterocycles. The highest BCUT2D eigenvalue weighted by Crippen LogP contribution is 2.15. The van der Waals surface area contributed by atoms with Crippen LogP contribution in [0.3, 0.4) is 0 Å². The summed E-state index contributed by atoms with van der Waals surface area (Å²) in [6, 6.07) is 3.22. The molecule has 6 heteroatoms. The molecule has 2 aromatic heterocycles. The van der Waals surface area contributed by atoms with Gasteiger partial charge in [-0.15, -0.1) is 0 Å². The summed E-state index contributed by atoms with van der Waals surface area (Å²) in [7, 11) is 0. The van der Waals surface area contributed by atoms with Crippen LogP contribution in [0.15, 0.2) is 23.1 Å². The predicted octanol–water partition coefficient (Wildman–Crippen LogP) is 1.82. The number of rotatable bonds is 4. The Morgan fingerprint density at radius 3 is 3.00 bits per heavy atom. The minimum atomic E-state index is -0.227. The number of carbonyl (C=O) groups is 1. The first-order valence-electron chi connectivity index (χ1n) is 8.47. The largest absolute Gasteiger partial charge is 0.347 e. The molecular formula is C18H24N4O2. The van der Waals surface area contributed by atoms with Crippen LogP contribution in [-0.4, -0.2) is 26.5 Å². The van der Waals surface area contributed by atoms with E-state index in [1.165, 1.54) is 6.07 Å². The molecule has 0 spiro atoms. The van der Waals surface area contributed by atoms with Crippen molar-refractivity contribution in [3.8, 4) is 0 Å². The van der Waals surface area contributed by atoms with Gasteiger partial charge >= 0.3 is 0 Å². The molecule has 0 aromatic carbocycles. The topological polar surface area (TPSA) is 79.8 Å². The Hall–Kier alpha value is -2.37. The number of aryl methyl sites for hydroxylation is 2. The Bertz CT molecular complexity index is 804. The molecule has 3 rings (SSSR count). The van der Waals surface area contributed by atoms with E-state index in [1.54, 1.807) is 6.07 Å². The Kier molecular flexibility index (Phi) is 4.55. The van der Waals surface area contributed by atoms with Gasteiger partial charge < -0.3 is 14.9 Å². The van der Waals surface area contributed by atoms with Crippen LogP contribution in [0.1, 0.15) is 47.8 Å². The average Bonchev–Trinajstić information content (AvgIpc) is 2.85. The standard InChI is InChI=1S/C18H24N4O2/c1-11(2)6-15-7-13(8-17(23)20-15)18(24)21-14-4-5-16-19-12(3)9-22(16)10-14/h7-9,11,14H,4-6,10H2,1-3H3,(H,20,23)(H,21,24). The average molecular weight is 328 g/mol. The summed E-state index contributed by atoms with van der Waals surface area (Å²) in [6.07, 6.45) is 4.48. The molecule has 1 aliphatic heterocycles. The Morgan fingerprint density at radius 2 is 2.25 bits per heavy atom. The van der Waals surface area contributed by atoms with E-state index in [0.717, 1.165) is 43.0 Å². The van der Waals surface area contributed by atoms with Crippen LogP contribution >= 0.6 is 0 Å². The molecular weight excluding hydrogens is 304 g/mol. The molecule has 128 valence electrons. The van der Waals surface area contributed by atoms with E-state index in [2.05, 4.69) is 33.7 Å². The molecule has 2 aromatic rings. The van der Waals surface area contributed by atoms with E-state index < -0.39 is 0 Å². The molecule has 0 aliphatic carbocycles. The first kappa shape index (κ1) is 16.5. The minimum absolute atomic E-state index is 0.0615. The number of hydrogen-bond acceptors (Lipinski definition) is 3. The summed E-state index contributed by atoms with van der Waals surface area (Å²) in [6.45, 7) is 6.87. The van der Waals surface area contributed by atoms with Gasteiger partial charge in [0.15, 0.2) is 0 Å². The van der Waals surface area contributed by atoms with E-state index in [-0.39, 0.29) is 17.5 Å². The van der Waals surface area contributed by atoms with Crippen LogP contribution in [0.25, 0.3) is 0 Å². The number of imidazole rings is 1. The highest BCUT2D eigenvalue weighted by Gasteiger charge is 2.22. The van der Waals surface area contributed by atoms with E-state index in [4.69, 9.17) is 0 Å². The van der Waals surface area contributed by atoms with Crippen LogP contribution in [0.5, 0.6) is 0 Å². The third kappa shape index (κ3) is 3.75. The number of aromatic nitrogens is 3. The number of amides is 1. The van der Waals surface area contributed by atoms with Gasteiger partial charge in [-0.2, -0.15) is 0 Å². The second kappa shape index (κ2) is 6.63. The molecule has 1 unspecified atom stereocenters. The van der Waals surface area contributed by atoms with E-state index in [0.29, 0.717) is 11.5 Å². The zero-order valence-corrected chi connectivity index (χ0v) is 14.4. The van der Waals surface area contributed by atoms with Crippen molar-refractivity contribution >= 4 is 5.91 Å². The minimum Gasteiger partial charge on any atom is -0.347 e. The van der Waals surface area contributed by atoms with Crippen molar-refractivity contribution < 1.29 is 4.79 Å². The maximum atomic E-state index is 12.5. The van der Waals surface area contributed by atoms with Gasteiger partial charge in [-0.1, -0.05) is 13.8 Å². The van der Waals surface area contributed by atoms with Crippen LogP contribution in [0.2, 0.25) is 0 Å². The van der Waals surface area contributed by atoms with Crippen molar-refractivity contribution in [3.63, 3.8) is 0 Å². The predicted molar refractivity (Wildman–Crippen MR) is 92.1 cm³/mol. The number of fused-ring (bicyclic) bond motifs is 1. The highest BCUT2D eigenvalue weighted by atomic mass is 16.2. The van der Waals surface area contributed by atoms with Gasteiger partial charge in [-0.05, 0) is 31.7 Å². The molecule has 3 heterocycles. The van der Waals surface area contributed by atoms with Gasteiger partial charge in [0, 0.05) is 42.5 Å². The summed E-state index contributed by atoms with van der Waals surface area (Å²) < 4.78 is 2.10. The number of pyridine rings is 1. The number of hydrogen-bond donors (Lipinski definition) is 2. The monoisotopic (exact) mass is 328 g/mol. The van der Waals surface area contributed by atoms with Crippen LogP contribution in [0.4, 0.5) is 0 Å². The molecule has 6 nitrogen and oxygen atoms in total. The summed E-state index contributed by atoms with van der Waals surface area (Å²) in [4.78, 5) is 31.6. The number of nitrogens with zero attached hydrogens (tertiary/aromatic N) is 2. The fourth-order valence-corrected chi connectivity index (χ4v) is 3.25. The molecule has 0 saturated carbocycles. The SMILES string of the molecule is Cc1cn2c(n1)CCC(NC(=O)c1cc(CC(C)C)[nH]c(=O)c1)C2. The van der Waals surface area contributed by atoms with Gasteiger partial charge in [0.2, 0.25) is 5.56 Å². The molecule has 0 radical (unpaired) electrons. The lowest BCUT2D eigenvalue weighted by Gasteiger charge is -2.24. The zero-order chi connectivity index (χ0) is 17.3. The summed E-state index contributed by atoms with van der Waals surface area (Å²) >= 11 is 0. The molecule has 2 N–H and O–H groups in total. The van der Waals surface area contributed by atoms with Crippen molar-refractivity contribution in [1.29, 1.82) is 0 Å². The molecule has 24 heavy (non-hydrogen) atoms. The molecule has 0 bridgehead atoms. The van der Waals surface area contributed by atoms with Gasteiger partial charge in [0.1, 0.15) is 5.82 Å². The first-order chi connectivity index (χ1) is 11.4. The lowest BCUT2D eigenvalue weighted by atomic mass is 10.0. The lowest BCUT2D eigenvalue weighted by molar-refractivity contribution is 0.0927. The molecule has 1 amide bonds. The maximum absolute atomic E-state index is 12.5. The van der Waals surface area contributed by atoms with E-state index >= 15 is 0 Å². The van der Waals surface area contributed by atoms with Crippen LogP contribution < -0.4 is 10.9 Å². The van der Waals surface area contributed by atoms with Gasteiger partial charge in [-0.25, -0.2) is 4.98 Å². The number of carbonyl (C=O) groups excluding carboxylic acids is 1. The second-order valence-electron chi connectivity index (χ2n) is 7.02. The fourth-order valence-electron chi connectivity index (χ4n) is 3.25. The normalized spacial score (nSPS) is 16.9. The molecule has 1 atom stereocenters. The summed E-state index contributed by atoms with van der Waals surface area (Å²) in [5.41, 5.74) is 2.01. The summed E-state index contributed by atoms with van der Waals surface area (Å²) in [5, 5.41) is 3.05. The first-order valence-corrected chi connectivity index (χ1v) is 8.47. The Morgan fingerprint density at radius 1 is 1.46 bits per heavy atom. The van der Waals surface area contributed by atoms with E-state index in [9.17, 15) is 9.59 Å². The van der Waals surface area contributed by atoms with E-state index in [1.807, 2.05) is 13.1 Å². The number of H-pyrrole nitrogens is 1. The van der Waals surface area contributed by atoms with Crippen molar-refractivity contribution in [1.82, 2.24) is 19.9 Å².